The van der Waals surface area contributed by atoms with Crippen molar-refractivity contribution in [3.63, 3.8) is 0 Å². The fraction of sp³-hybridized carbons (Fsp3) is 0.571. The zero-order chi connectivity index (χ0) is 12.8. The van der Waals surface area contributed by atoms with Crippen LogP contribution in [0.4, 0.5) is 5.95 Å². The molecule has 19 heavy (non-hydrogen) atoms. The number of hydrogen-bond donors (Lipinski definition) is 0. The molecular weight excluding hydrogens is 278 g/mol. The van der Waals surface area contributed by atoms with Gasteiger partial charge >= 0.3 is 0 Å². The Hall–Kier alpha value is -0.870. The molecule has 1 aliphatic carbocycles. The number of rotatable bonds is 1. The van der Waals surface area contributed by atoms with Gasteiger partial charge in [0.1, 0.15) is 9.98 Å². The van der Waals surface area contributed by atoms with Crippen LogP contribution in [0.3, 0.4) is 0 Å². The highest BCUT2D eigenvalue weighted by Gasteiger charge is 2.22. The second-order valence-electron chi connectivity index (χ2n) is 5.40. The van der Waals surface area contributed by atoms with Crippen LogP contribution >= 0.6 is 22.9 Å². The van der Waals surface area contributed by atoms with E-state index < -0.39 is 0 Å². The highest BCUT2D eigenvalue weighted by Crippen LogP contribution is 2.39. The summed E-state index contributed by atoms with van der Waals surface area (Å²) in [6.07, 6.45) is 7.36. The molecule has 0 amide bonds. The molecule has 0 atom stereocenters. The zero-order valence-electron chi connectivity index (χ0n) is 10.8. The lowest BCUT2D eigenvalue weighted by molar-refractivity contribution is 0.700. The Morgan fingerprint density at radius 2 is 1.79 bits per heavy atom. The first kappa shape index (κ1) is 11.9. The number of thiophene rings is 1. The monoisotopic (exact) mass is 293 g/mol. The molecule has 3 nitrogen and oxygen atoms in total. The first-order valence-electron chi connectivity index (χ1n) is 7.05. The molecule has 0 unspecified atom stereocenters. The van der Waals surface area contributed by atoms with Crippen molar-refractivity contribution in [2.75, 3.05) is 18.0 Å². The van der Waals surface area contributed by atoms with Gasteiger partial charge in [0.15, 0.2) is 0 Å². The molecule has 4 rings (SSSR count). The summed E-state index contributed by atoms with van der Waals surface area (Å²) in [5.74, 6) is 0.827. The maximum atomic E-state index is 6.45. The van der Waals surface area contributed by atoms with Crippen LogP contribution in [0, 0.1) is 0 Å². The van der Waals surface area contributed by atoms with E-state index in [0.29, 0.717) is 5.15 Å². The molecule has 0 saturated carbocycles. The molecule has 0 aromatic carbocycles. The number of aryl methyl sites for hydroxylation is 2. The third kappa shape index (κ3) is 1.93. The van der Waals surface area contributed by atoms with Gasteiger partial charge in [0.25, 0.3) is 0 Å². The molecule has 3 heterocycles. The molecule has 0 N–H and O–H groups in total. The van der Waals surface area contributed by atoms with E-state index in [4.69, 9.17) is 16.6 Å². The van der Waals surface area contributed by atoms with E-state index in [9.17, 15) is 0 Å². The molecule has 2 aliphatic rings. The Morgan fingerprint density at radius 1 is 1.00 bits per heavy atom. The van der Waals surface area contributed by atoms with Crippen molar-refractivity contribution in [1.82, 2.24) is 9.97 Å². The number of halogens is 1. The van der Waals surface area contributed by atoms with Crippen molar-refractivity contribution in [1.29, 1.82) is 0 Å². The van der Waals surface area contributed by atoms with Crippen molar-refractivity contribution >= 4 is 39.1 Å². The molecular formula is C14H16ClN3S. The fourth-order valence-corrected chi connectivity index (χ4v) is 4.75. The molecule has 1 fully saturated rings. The van der Waals surface area contributed by atoms with Crippen molar-refractivity contribution < 1.29 is 0 Å². The SMILES string of the molecule is Clc1nc(N2CCCC2)nc2sc3c(c12)CCCC3. The van der Waals surface area contributed by atoms with Gasteiger partial charge in [-0.15, -0.1) is 11.3 Å². The smallest absolute Gasteiger partial charge is 0.228 e. The lowest BCUT2D eigenvalue weighted by atomic mass is 9.97. The summed E-state index contributed by atoms with van der Waals surface area (Å²) in [4.78, 5) is 14.2. The minimum absolute atomic E-state index is 0.659. The molecule has 0 radical (unpaired) electrons. The van der Waals surface area contributed by atoms with E-state index in [2.05, 4.69) is 9.88 Å². The average molecular weight is 294 g/mol. The Kier molecular flexibility index (Phi) is 2.88. The largest absolute Gasteiger partial charge is 0.341 e. The minimum atomic E-state index is 0.659. The second-order valence-corrected chi connectivity index (χ2v) is 6.84. The van der Waals surface area contributed by atoms with E-state index in [-0.39, 0.29) is 0 Å². The highest BCUT2D eigenvalue weighted by molar-refractivity contribution is 7.19. The van der Waals surface area contributed by atoms with Crippen molar-refractivity contribution in [2.45, 2.75) is 38.5 Å². The summed E-state index contributed by atoms with van der Waals surface area (Å²) in [5.41, 5.74) is 1.42. The third-order valence-corrected chi connectivity index (χ3v) is 5.61. The molecule has 0 bridgehead atoms. The van der Waals surface area contributed by atoms with Gasteiger partial charge < -0.3 is 4.90 Å². The Bertz CT molecular complexity index is 631. The lowest BCUT2D eigenvalue weighted by Gasteiger charge is -2.15. The second kappa shape index (κ2) is 4.60. The van der Waals surface area contributed by atoms with Gasteiger partial charge in [-0.25, -0.2) is 9.97 Å². The molecule has 5 heteroatoms. The van der Waals surface area contributed by atoms with E-state index in [1.54, 1.807) is 0 Å². The summed E-state index contributed by atoms with van der Waals surface area (Å²) < 4.78 is 0. The first-order valence-corrected chi connectivity index (χ1v) is 8.25. The van der Waals surface area contributed by atoms with Gasteiger partial charge in [-0.2, -0.15) is 0 Å². The van der Waals surface area contributed by atoms with Crippen LogP contribution in [0.2, 0.25) is 5.15 Å². The van der Waals surface area contributed by atoms with Crippen molar-refractivity contribution in [3.05, 3.63) is 15.6 Å². The van der Waals surface area contributed by atoms with E-state index in [0.717, 1.165) is 35.7 Å². The van der Waals surface area contributed by atoms with E-state index >= 15 is 0 Å². The van der Waals surface area contributed by atoms with Crippen LogP contribution in [0.1, 0.15) is 36.1 Å². The van der Waals surface area contributed by atoms with Crippen LogP contribution in [0.15, 0.2) is 0 Å². The summed E-state index contributed by atoms with van der Waals surface area (Å²) in [6, 6.07) is 0. The van der Waals surface area contributed by atoms with Crippen LogP contribution in [-0.4, -0.2) is 23.1 Å². The van der Waals surface area contributed by atoms with Gasteiger partial charge in [0.05, 0.1) is 5.39 Å². The Labute approximate surface area is 121 Å². The van der Waals surface area contributed by atoms with Gasteiger partial charge in [0.2, 0.25) is 5.95 Å². The number of hydrogen-bond acceptors (Lipinski definition) is 4. The minimum Gasteiger partial charge on any atom is -0.341 e. The normalized spacial score (nSPS) is 19.1. The fourth-order valence-electron chi connectivity index (χ4n) is 3.16. The Balaban J connectivity index is 1.87. The first-order chi connectivity index (χ1) is 9.33. The summed E-state index contributed by atoms with van der Waals surface area (Å²) in [7, 11) is 0. The van der Waals surface area contributed by atoms with Crippen LogP contribution in [0.5, 0.6) is 0 Å². The predicted molar refractivity (Wildman–Crippen MR) is 80.5 cm³/mol. The average Bonchev–Trinajstić information content (AvgIpc) is 3.05. The summed E-state index contributed by atoms with van der Waals surface area (Å²) >= 11 is 8.27. The number of anilines is 1. The number of fused-ring (bicyclic) bond motifs is 3. The molecule has 1 saturated heterocycles. The van der Waals surface area contributed by atoms with Gasteiger partial charge in [-0.1, -0.05) is 11.6 Å². The standard InChI is InChI=1S/C14H16ClN3S/c15-12-11-9-5-1-2-6-10(9)19-13(11)17-14(16-12)18-7-3-4-8-18/h1-8H2. The zero-order valence-corrected chi connectivity index (χ0v) is 12.4. The van der Waals surface area contributed by atoms with E-state index in [1.807, 2.05) is 11.3 Å². The maximum Gasteiger partial charge on any atom is 0.228 e. The molecule has 2 aromatic heterocycles. The summed E-state index contributed by atoms with van der Waals surface area (Å²) in [6.45, 7) is 2.12. The topological polar surface area (TPSA) is 29.0 Å². The lowest BCUT2D eigenvalue weighted by Crippen LogP contribution is -2.20. The highest BCUT2D eigenvalue weighted by atomic mass is 35.5. The Morgan fingerprint density at radius 3 is 2.63 bits per heavy atom. The molecule has 100 valence electrons. The molecule has 2 aromatic rings. The van der Waals surface area contributed by atoms with E-state index in [1.165, 1.54) is 42.5 Å². The van der Waals surface area contributed by atoms with Crippen molar-refractivity contribution in [3.8, 4) is 0 Å². The number of nitrogens with zero attached hydrogens (tertiary/aromatic N) is 3. The molecule has 1 aliphatic heterocycles. The third-order valence-electron chi connectivity index (χ3n) is 4.15. The van der Waals surface area contributed by atoms with Gasteiger partial charge in [-0.05, 0) is 44.1 Å². The molecule has 0 spiro atoms. The van der Waals surface area contributed by atoms with Gasteiger partial charge in [0, 0.05) is 18.0 Å². The van der Waals surface area contributed by atoms with Crippen LogP contribution in [0.25, 0.3) is 10.2 Å². The summed E-state index contributed by atoms with van der Waals surface area (Å²) in [5, 5.41) is 1.79. The maximum absolute atomic E-state index is 6.45. The van der Waals surface area contributed by atoms with Crippen LogP contribution < -0.4 is 4.90 Å². The van der Waals surface area contributed by atoms with Crippen molar-refractivity contribution in [2.24, 2.45) is 0 Å². The quantitative estimate of drug-likeness (QED) is 0.749. The van der Waals surface area contributed by atoms with Crippen LogP contribution in [-0.2, 0) is 12.8 Å². The van der Waals surface area contributed by atoms with Gasteiger partial charge in [-0.3, -0.25) is 0 Å². The number of aromatic nitrogens is 2. The predicted octanol–water partition coefficient (Wildman–Crippen LogP) is 3.82.